The van der Waals surface area contributed by atoms with Crippen molar-refractivity contribution >= 4 is 37.1 Å². The standard InChI is InChI=1S/C10H9NO3S2/c1-16(11,14)9-5-6-2-3-7(10(12)13)4-8(6)15-9/h2-5,11H,1H3,(H,12,13). The number of carboxylic acid groups (broad SMARTS) is 1. The summed E-state index contributed by atoms with van der Waals surface area (Å²) in [7, 11) is -2.73. The van der Waals surface area contributed by atoms with E-state index in [1.807, 2.05) is 0 Å². The van der Waals surface area contributed by atoms with Crippen LogP contribution in [0.25, 0.3) is 10.1 Å². The topological polar surface area (TPSA) is 78.2 Å². The van der Waals surface area contributed by atoms with Crippen LogP contribution in [0.3, 0.4) is 0 Å². The third-order valence-electron chi connectivity index (χ3n) is 2.13. The SMILES string of the molecule is CS(=N)(=O)c1cc2ccc(C(=O)O)cc2s1. The Labute approximate surface area is 96.5 Å². The normalized spacial score (nSPS) is 14.8. The fourth-order valence-corrected chi connectivity index (χ4v) is 3.42. The van der Waals surface area contributed by atoms with Crippen molar-refractivity contribution in [1.29, 1.82) is 4.78 Å². The molecule has 2 N–H and O–H groups in total. The lowest BCUT2D eigenvalue weighted by Gasteiger charge is -1.92. The fourth-order valence-electron chi connectivity index (χ4n) is 1.33. The van der Waals surface area contributed by atoms with Crippen molar-refractivity contribution in [1.82, 2.24) is 0 Å². The van der Waals surface area contributed by atoms with Crippen LogP contribution < -0.4 is 0 Å². The Morgan fingerprint density at radius 1 is 1.44 bits per heavy atom. The first-order chi connectivity index (χ1) is 7.38. The summed E-state index contributed by atoms with van der Waals surface area (Å²) in [6, 6.07) is 6.39. The molecule has 2 rings (SSSR count). The van der Waals surface area contributed by atoms with Crippen LogP contribution in [0.1, 0.15) is 10.4 Å². The molecule has 0 saturated heterocycles. The van der Waals surface area contributed by atoms with Gasteiger partial charge in [0.1, 0.15) is 4.21 Å². The quantitative estimate of drug-likeness (QED) is 0.865. The lowest BCUT2D eigenvalue weighted by molar-refractivity contribution is 0.0697. The lowest BCUT2D eigenvalue weighted by atomic mass is 10.2. The van der Waals surface area contributed by atoms with Gasteiger partial charge in [0.2, 0.25) is 0 Å². The first-order valence-corrected chi connectivity index (χ1v) is 7.17. The highest BCUT2D eigenvalue weighted by Crippen LogP contribution is 2.29. The minimum atomic E-state index is -2.73. The second kappa shape index (κ2) is 3.57. The highest BCUT2D eigenvalue weighted by molar-refractivity contribution is 7.93. The molecule has 0 aliphatic heterocycles. The van der Waals surface area contributed by atoms with Crippen LogP contribution in [-0.4, -0.2) is 21.5 Å². The average molecular weight is 255 g/mol. The van der Waals surface area contributed by atoms with Crippen molar-refractivity contribution in [3.63, 3.8) is 0 Å². The predicted octanol–water partition coefficient (Wildman–Crippen LogP) is 2.63. The maximum Gasteiger partial charge on any atom is 0.335 e. The Bertz CT molecular complexity index is 670. The van der Waals surface area contributed by atoms with E-state index in [9.17, 15) is 9.00 Å². The number of nitrogens with one attached hydrogen (secondary N) is 1. The molecule has 0 aliphatic rings. The van der Waals surface area contributed by atoms with Crippen LogP contribution >= 0.6 is 11.3 Å². The summed E-state index contributed by atoms with van der Waals surface area (Å²) >= 11 is 1.21. The summed E-state index contributed by atoms with van der Waals surface area (Å²) in [5.41, 5.74) is 0.202. The number of carboxylic acids is 1. The molecular weight excluding hydrogens is 246 g/mol. The first kappa shape index (κ1) is 11.1. The molecule has 1 atom stereocenters. The van der Waals surface area contributed by atoms with Crippen molar-refractivity contribution in [2.24, 2.45) is 0 Å². The molecule has 0 amide bonds. The minimum absolute atomic E-state index is 0.202. The maximum absolute atomic E-state index is 11.5. The lowest BCUT2D eigenvalue weighted by Crippen LogP contribution is -1.94. The second-order valence-electron chi connectivity index (χ2n) is 3.47. The summed E-state index contributed by atoms with van der Waals surface area (Å²) in [6.07, 6.45) is 1.36. The van der Waals surface area contributed by atoms with Crippen LogP contribution in [0.15, 0.2) is 28.5 Å². The molecule has 0 spiro atoms. The van der Waals surface area contributed by atoms with Gasteiger partial charge in [-0.25, -0.2) is 13.8 Å². The molecule has 84 valence electrons. The van der Waals surface area contributed by atoms with Gasteiger partial charge >= 0.3 is 5.97 Å². The Balaban J connectivity index is 2.68. The smallest absolute Gasteiger partial charge is 0.335 e. The number of aromatic carboxylic acids is 1. The Hall–Kier alpha value is -1.40. The van der Waals surface area contributed by atoms with Gasteiger partial charge in [-0.2, -0.15) is 0 Å². The number of fused-ring (bicyclic) bond motifs is 1. The van der Waals surface area contributed by atoms with E-state index in [4.69, 9.17) is 9.89 Å². The van der Waals surface area contributed by atoms with Crippen LogP contribution in [0.2, 0.25) is 0 Å². The van der Waals surface area contributed by atoms with Crippen molar-refractivity contribution in [3.05, 3.63) is 29.8 Å². The molecule has 1 unspecified atom stereocenters. The number of carbonyl (C=O) groups is 1. The highest BCUT2D eigenvalue weighted by atomic mass is 32.2. The Morgan fingerprint density at radius 3 is 2.69 bits per heavy atom. The van der Waals surface area contributed by atoms with Crippen LogP contribution in [0.5, 0.6) is 0 Å². The zero-order valence-corrected chi connectivity index (χ0v) is 10.0. The average Bonchev–Trinajstić information content (AvgIpc) is 2.58. The fraction of sp³-hybridized carbons (Fsp3) is 0.100. The van der Waals surface area contributed by atoms with E-state index in [0.29, 0.717) is 4.21 Å². The molecule has 6 heteroatoms. The summed E-state index contributed by atoms with van der Waals surface area (Å²) in [5.74, 6) is -0.986. The zero-order valence-electron chi connectivity index (χ0n) is 8.39. The second-order valence-corrected chi connectivity index (χ2v) is 6.94. The Morgan fingerprint density at radius 2 is 2.12 bits per heavy atom. The number of hydrogen-bond acceptors (Lipinski definition) is 4. The number of benzene rings is 1. The molecular formula is C10H9NO3S2. The zero-order chi connectivity index (χ0) is 11.9. The maximum atomic E-state index is 11.5. The molecule has 0 fully saturated rings. The van der Waals surface area contributed by atoms with E-state index in [-0.39, 0.29) is 5.56 Å². The summed E-state index contributed by atoms with van der Waals surface area (Å²) in [5, 5.41) is 9.65. The van der Waals surface area contributed by atoms with Gasteiger partial charge < -0.3 is 5.11 Å². The van der Waals surface area contributed by atoms with Gasteiger partial charge in [0.05, 0.1) is 15.3 Å². The third-order valence-corrected chi connectivity index (χ3v) is 5.11. The van der Waals surface area contributed by atoms with Crippen molar-refractivity contribution in [2.45, 2.75) is 4.21 Å². The molecule has 0 saturated carbocycles. The summed E-state index contributed by atoms with van der Waals surface area (Å²) in [4.78, 5) is 10.8. The molecule has 1 heterocycles. The van der Waals surface area contributed by atoms with Gasteiger partial charge in [-0.1, -0.05) is 6.07 Å². The van der Waals surface area contributed by atoms with Gasteiger partial charge in [-0.05, 0) is 23.6 Å². The molecule has 2 aromatic rings. The monoisotopic (exact) mass is 255 g/mol. The van der Waals surface area contributed by atoms with Gasteiger partial charge in [0.25, 0.3) is 0 Å². The molecule has 1 aromatic heterocycles. The van der Waals surface area contributed by atoms with Gasteiger partial charge in [-0.3, -0.25) is 0 Å². The molecule has 0 radical (unpaired) electrons. The van der Waals surface area contributed by atoms with Gasteiger partial charge in [0.15, 0.2) is 0 Å². The number of thiophene rings is 1. The van der Waals surface area contributed by atoms with E-state index >= 15 is 0 Å². The van der Waals surface area contributed by atoms with Crippen LogP contribution in [-0.2, 0) is 9.73 Å². The van der Waals surface area contributed by atoms with E-state index in [0.717, 1.165) is 10.1 Å². The largest absolute Gasteiger partial charge is 0.478 e. The van der Waals surface area contributed by atoms with Crippen molar-refractivity contribution in [3.8, 4) is 0 Å². The molecule has 1 aromatic carbocycles. The van der Waals surface area contributed by atoms with Gasteiger partial charge in [-0.15, -0.1) is 11.3 Å². The van der Waals surface area contributed by atoms with E-state index < -0.39 is 15.7 Å². The van der Waals surface area contributed by atoms with E-state index in [2.05, 4.69) is 0 Å². The Kier molecular flexibility index (Phi) is 2.47. The number of rotatable bonds is 2. The predicted molar refractivity (Wildman–Crippen MR) is 63.8 cm³/mol. The number of hydrogen-bond donors (Lipinski definition) is 2. The summed E-state index contributed by atoms with van der Waals surface area (Å²) < 4.78 is 20.2. The first-order valence-electron chi connectivity index (χ1n) is 4.38. The van der Waals surface area contributed by atoms with E-state index in [1.54, 1.807) is 12.1 Å². The molecule has 0 bridgehead atoms. The van der Waals surface area contributed by atoms with Crippen molar-refractivity contribution in [2.75, 3.05) is 6.26 Å². The third kappa shape index (κ3) is 1.94. The highest BCUT2D eigenvalue weighted by Gasteiger charge is 2.10. The van der Waals surface area contributed by atoms with E-state index in [1.165, 1.54) is 29.7 Å². The van der Waals surface area contributed by atoms with Crippen molar-refractivity contribution < 1.29 is 14.1 Å². The summed E-state index contributed by atoms with van der Waals surface area (Å²) in [6.45, 7) is 0. The minimum Gasteiger partial charge on any atom is -0.478 e. The molecule has 4 nitrogen and oxygen atoms in total. The molecule has 0 aliphatic carbocycles. The van der Waals surface area contributed by atoms with Gasteiger partial charge in [0, 0.05) is 11.0 Å². The van der Waals surface area contributed by atoms with Crippen LogP contribution in [0.4, 0.5) is 0 Å². The van der Waals surface area contributed by atoms with Crippen LogP contribution in [0, 0.1) is 4.78 Å². The molecule has 16 heavy (non-hydrogen) atoms.